The highest BCUT2D eigenvalue weighted by Crippen LogP contribution is 2.26. The predicted molar refractivity (Wildman–Crippen MR) is 77.5 cm³/mol. The molecule has 1 aromatic rings. The van der Waals surface area contributed by atoms with Gasteiger partial charge in [-0.1, -0.05) is 0 Å². The monoisotopic (exact) mass is 259 g/mol. The summed E-state index contributed by atoms with van der Waals surface area (Å²) >= 11 is 0. The van der Waals surface area contributed by atoms with E-state index in [-0.39, 0.29) is 5.91 Å². The van der Waals surface area contributed by atoms with E-state index < -0.39 is 0 Å². The maximum atomic E-state index is 11.3. The molecule has 1 fully saturated rings. The zero-order valence-corrected chi connectivity index (χ0v) is 11.4. The number of piperidine rings is 1. The average Bonchev–Trinajstić information content (AvgIpc) is 2.42. The average molecular weight is 259 g/mol. The Balaban J connectivity index is 1.67. The summed E-state index contributed by atoms with van der Waals surface area (Å²) in [6.07, 6.45) is 3.85. The van der Waals surface area contributed by atoms with E-state index in [9.17, 15) is 4.79 Å². The minimum absolute atomic E-state index is 0.128. The molecule has 3 rings (SSSR count). The number of rotatable bonds is 2. The fourth-order valence-electron chi connectivity index (χ4n) is 2.86. The van der Waals surface area contributed by atoms with Crippen molar-refractivity contribution < 1.29 is 4.79 Å². The Labute approximate surface area is 114 Å². The van der Waals surface area contributed by atoms with Crippen LogP contribution in [-0.4, -0.2) is 37.0 Å². The molecule has 4 heteroatoms. The normalized spacial score (nSPS) is 20.8. The molecule has 2 N–H and O–H groups in total. The summed E-state index contributed by atoms with van der Waals surface area (Å²) in [4.78, 5) is 13.7. The van der Waals surface area contributed by atoms with Gasteiger partial charge >= 0.3 is 0 Å². The minimum atomic E-state index is 0.128. The lowest BCUT2D eigenvalue weighted by Crippen LogP contribution is -2.36. The van der Waals surface area contributed by atoms with Crippen molar-refractivity contribution in [1.82, 2.24) is 4.90 Å². The summed E-state index contributed by atoms with van der Waals surface area (Å²) in [6.45, 7) is 2.33. The number of benzene rings is 1. The fourth-order valence-corrected chi connectivity index (χ4v) is 2.86. The molecule has 2 aliphatic heterocycles. The summed E-state index contributed by atoms with van der Waals surface area (Å²) in [6, 6.07) is 6.85. The first-order valence-corrected chi connectivity index (χ1v) is 7.08. The molecule has 0 aromatic heterocycles. The lowest BCUT2D eigenvalue weighted by Gasteiger charge is -2.30. The van der Waals surface area contributed by atoms with Crippen LogP contribution in [-0.2, 0) is 11.2 Å². The van der Waals surface area contributed by atoms with Gasteiger partial charge in [-0.3, -0.25) is 4.79 Å². The molecule has 2 heterocycles. The predicted octanol–water partition coefficient (Wildman–Crippen LogP) is 2.08. The topological polar surface area (TPSA) is 44.4 Å². The van der Waals surface area contributed by atoms with Gasteiger partial charge in [0.25, 0.3) is 0 Å². The van der Waals surface area contributed by atoms with Gasteiger partial charge in [0.15, 0.2) is 0 Å². The van der Waals surface area contributed by atoms with Gasteiger partial charge in [0.2, 0.25) is 5.91 Å². The Morgan fingerprint density at radius 3 is 2.84 bits per heavy atom. The van der Waals surface area contributed by atoms with Crippen LogP contribution in [0.5, 0.6) is 0 Å². The lowest BCUT2D eigenvalue weighted by molar-refractivity contribution is -0.116. The van der Waals surface area contributed by atoms with Gasteiger partial charge in [-0.25, -0.2) is 0 Å². The van der Waals surface area contributed by atoms with Gasteiger partial charge in [-0.15, -0.1) is 0 Å². The number of aryl methyl sites for hydroxylation is 1. The molecule has 19 heavy (non-hydrogen) atoms. The summed E-state index contributed by atoms with van der Waals surface area (Å²) in [5.41, 5.74) is 3.41. The molecule has 0 unspecified atom stereocenters. The summed E-state index contributed by atoms with van der Waals surface area (Å²) < 4.78 is 0. The second-order valence-corrected chi connectivity index (χ2v) is 5.64. The number of hydrogen-bond acceptors (Lipinski definition) is 3. The maximum absolute atomic E-state index is 11.3. The van der Waals surface area contributed by atoms with Gasteiger partial charge in [0.1, 0.15) is 0 Å². The Hall–Kier alpha value is -1.55. The van der Waals surface area contributed by atoms with Crippen LogP contribution < -0.4 is 10.6 Å². The van der Waals surface area contributed by atoms with Crippen molar-refractivity contribution in [2.45, 2.75) is 31.7 Å². The molecule has 102 valence electrons. The molecule has 0 bridgehead atoms. The van der Waals surface area contributed by atoms with Crippen LogP contribution in [0.2, 0.25) is 0 Å². The van der Waals surface area contributed by atoms with E-state index in [0.717, 1.165) is 12.1 Å². The number of likely N-dealkylation sites (tertiary alicyclic amines) is 1. The first kappa shape index (κ1) is 12.5. The van der Waals surface area contributed by atoms with E-state index in [0.29, 0.717) is 12.5 Å². The van der Waals surface area contributed by atoms with E-state index in [4.69, 9.17) is 0 Å². The third kappa shape index (κ3) is 2.89. The number of nitrogens with one attached hydrogen (secondary N) is 2. The molecule has 1 saturated heterocycles. The second kappa shape index (κ2) is 5.21. The van der Waals surface area contributed by atoms with Crippen molar-refractivity contribution in [2.75, 3.05) is 30.8 Å². The van der Waals surface area contributed by atoms with Crippen LogP contribution in [0, 0.1) is 0 Å². The van der Waals surface area contributed by atoms with Crippen LogP contribution in [0.15, 0.2) is 18.2 Å². The van der Waals surface area contributed by atoms with E-state index in [1.165, 1.54) is 37.2 Å². The first-order valence-electron chi connectivity index (χ1n) is 7.08. The highest BCUT2D eigenvalue weighted by atomic mass is 16.1. The Bertz CT molecular complexity index is 478. The van der Waals surface area contributed by atoms with Crippen molar-refractivity contribution in [1.29, 1.82) is 0 Å². The smallest absolute Gasteiger partial charge is 0.224 e. The Kier molecular flexibility index (Phi) is 3.42. The highest BCUT2D eigenvalue weighted by Gasteiger charge is 2.18. The number of nitrogens with zero attached hydrogens (tertiary/aromatic N) is 1. The van der Waals surface area contributed by atoms with Crippen molar-refractivity contribution in [3.63, 3.8) is 0 Å². The third-order valence-corrected chi connectivity index (χ3v) is 4.09. The highest BCUT2D eigenvalue weighted by molar-refractivity contribution is 5.94. The molecule has 2 aliphatic rings. The molecule has 1 amide bonds. The molecule has 0 aliphatic carbocycles. The Morgan fingerprint density at radius 2 is 2.05 bits per heavy atom. The first-order chi connectivity index (χ1) is 9.20. The van der Waals surface area contributed by atoms with E-state index in [1.807, 2.05) is 6.07 Å². The van der Waals surface area contributed by atoms with Gasteiger partial charge < -0.3 is 15.5 Å². The van der Waals surface area contributed by atoms with E-state index >= 15 is 0 Å². The molecule has 0 atom stereocenters. The molecule has 1 aromatic carbocycles. The SMILES string of the molecule is CN1CCC(Nc2ccc3c(c2)CCC(=O)N3)CC1. The quantitative estimate of drug-likeness (QED) is 0.854. The minimum Gasteiger partial charge on any atom is -0.382 e. The van der Waals surface area contributed by atoms with Crippen LogP contribution in [0.1, 0.15) is 24.8 Å². The number of fused-ring (bicyclic) bond motifs is 1. The number of amides is 1. The van der Waals surface area contributed by atoms with Crippen LogP contribution >= 0.6 is 0 Å². The second-order valence-electron chi connectivity index (χ2n) is 5.64. The fraction of sp³-hybridized carbons (Fsp3) is 0.533. The molecule has 0 radical (unpaired) electrons. The van der Waals surface area contributed by atoms with E-state index in [1.54, 1.807) is 0 Å². The molecular formula is C15H21N3O. The number of hydrogen-bond donors (Lipinski definition) is 2. The third-order valence-electron chi connectivity index (χ3n) is 4.09. The van der Waals surface area contributed by atoms with Crippen LogP contribution in [0.25, 0.3) is 0 Å². The van der Waals surface area contributed by atoms with Crippen molar-refractivity contribution in [2.24, 2.45) is 0 Å². The van der Waals surface area contributed by atoms with Crippen molar-refractivity contribution >= 4 is 17.3 Å². The summed E-state index contributed by atoms with van der Waals surface area (Å²) in [5.74, 6) is 0.128. The zero-order valence-electron chi connectivity index (χ0n) is 11.4. The summed E-state index contributed by atoms with van der Waals surface area (Å²) in [7, 11) is 2.18. The number of carbonyl (C=O) groups is 1. The van der Waals surface area contributed by atoms with Crippen molar-refractivity contribution in [3.05, 3.63) is 23.8 Å². The molecular weight excluding hydrogens is 238 g/mol. The number of anilines is 2. The van der Waals surface area contributed by atoms with Gasteiger partial charge in [-0.05, 0) is 63.2 Å². The lowest BCUT2D eigenvalue weighted by atomic mass is 10.0. The van der Waals surface area contributed by atoms with Gasteiger partial charge in [-0.2, -0.15) is 0 Å². The molecule has 4 nitrogen and oxygen atoms in total. The Morgan fingerprint density at radius 1 is 1.26 bits per heavy atom. The van der Waals surface area contributed by atoms with Crippen LogP contribution in [0.4, 0.5) is 11.4 Å². The maximum Gasteiger partial charge on any atom is 0.224 e. The van der Waals surface area contributed by atoms with Gasteiger partial charge in [0.05, 0.1) is 0 Å². The zero-order chi connectivity index (χ0) is 13.2. The van der Waals surface area contributed by atoms with E-state index in [2.05, 4.69) is 34.7 Å². The molecule has 0 saturated carbocycles. The van der Waals surface area contributed by atoms with Gasteiger partial charge in [0, 0.05) is 23.8 Å². The standard InChI is InChI=1S/C15H21N3O/c1-18-8-6-12(7-9-18)16-13-3-4-14-11(10-13)2-5-15(19)17-14/h3-4,10,12,16H,2,5-9H2,1H3,(H,17,19). The number of carbonyl (C=O) groups excluding carboxylic acids is 1. The molecule has 0 spiro atoms. The van der Waals surface area contributed by atoms with Crippen molar-refractivity contribution in [3.8, 4) is 0 Å². The van der Waals surface area contributed by atoms with Crippen LogP contribution in [0.3, 0.4) is 0 Å². The largest absolute Gasteiger partial charge is 0.382 e. The summed E-state index contributed by atoms with van der Waals surface area (Å²) in [5, 5.41) is 6.55.